The van der Waals surface area contributed by atoms with Crippen LogP contribution >= 0.6 is 0 Å². The summed E-state index contributed by atoms with van der Waals surface area (Å²) in [5, 5.41) is 0. The van der Waals surface area contributed by atoms with E-state index in [1.807, 2.05) is 26.8 Å². The third kappa shape index (κ3) is 2.39. The Labute approximate surface area is 174 Å². The standard InChI is InChI=1S/C25H36O4/c1-6-20(27)25-21(28-22(2,3)29-25)14-19-17-8-7-15-13-16(26)9-11-23(15,4)18(17)10-12-24(19,25)5/h13,17-19,21H,6-12,14H2,1-5H3/t17-,18+,19+,21+,23-,24-,25+/m0/s1. The van der Waals surface area contributed by atoms with Crippen LogP contribution in [0, 0.1) is 28.6 Å². The zero-order chi connectivity index (χ0) is 20.8. The van der Waals surface area contributed by atoms with Crippen molar-refractivity contribution in [2.24, 2.45) is 28.6 Å². The van der Waals surface area contributed by atoms with E-state index in [1.54, 1.807) is 0 Å². The number of ether oxygens (including phenoxy) is 2. The van der Waals surface area contributed by atoms with Crippen molar-refractivity contribution in [3.05, 3.63) is 11.6 Å². The van der Waals surface area contributed by atoms with Crippen LogP contribution in [0.4, 0.5) is 0 Å². The molecule has 4 nitrogen and oxygen atoms in total. The summed E-state index contributed by atoms with van der Waals surface area (Å²) in [6.07, 6.45) is 9.24. The average molecular weight is 401 g/mol. The molecule has 3 saturated carbocycles. The van der Waals surface area contributed by atoms with E-state index < -0.39 is 11.4 Å². The van der Waals surface area contributed by atoms with Crippen LogP contribution in [-0.4, -0.2) is 29.1 Å². The molecule has 4 fully saturated rings. The fraction of sp³-hybridized carbons (Fsp3) is 0.840. The molecule has 0 aromatic heterocycles. The first kappa shape index (κ1) is 19.9. The Morgan fingerprint density at radius 1 is 1.10 bits per heavy atom. The van der Waals surface area contributed by atoms with E-state index in [-0.39, 0.29) is 22.7 Å². The molecule has 0 aromatic carbocycles. The van der Waals surface area contributed by atoms with Gasteiger partial charge in [0.1, 0.15) is 0 Å². The summed E-state index contributed by atoms with van der Waals surface area (Å²) in [5.41, 5.74) is 0.589. The second-order valence-corrected chi connectivity index (χ2v) is 11.3. The largest absolute Gasteiger partial charge is 0.344 e. The number of Topliss-reactive ketones (excluding diaryl/α,β-unsaturated/α-hetero) is 1. The second kappa shape index (κ2) is 6.03. The molecular weight excluding hydrogens is 364 g/mol. The number of allylic oxidation sites excluding steroid dienone is 1. The third-order valence-corrected chi connectivity index (χ3v) is 9.69. The monoisotopic (exact) mass is 400 g/mol. The SMILES string of the molecule is CCC(=O)[C@@]12OC(C)(C)O[C@@H]1C[C@@H]1[C@H]3CCC4=CC(=O)CC[C@]4(C)[C@@H]3CC[C@@]12C. The first-order valence-electron chi connectivity index (χ1n) is 11.7. The van der Waals surface area contributed by atoms with Crippen molar-refractivity contribution in [3.63, 3.8) is 0 Å². The number of carbonyl (C=O) groups is 2. The summed E-state index contributed by atoms with van der Waals surface area (Å²) in [6, 6.07) is 0. The Morgan fingerprint density at radius 2 is 1.86 bits per heavy atom. The smallest absolute Gasteiger partial charge is 0.167 e. The van der Waals surface area contributed by atoms with Crippen LogP contribution in [0.1, 0.15) is 86.0 Å². The zero-order valence-electron chi connectivity index (χ0n) is 18.7. The fourth-order valence-electron chi connectivity index (χ4n) is 8.43. The van der Waals surface area contributed by atoms with Gasteiger partial charge in [-0.1, -0.05) is 26.3 Å². The van der Waals surface area contributed by atoms with Gasteiger partial charge in [0.05, 0.1) is 6.10 Å². The normalized spacial score (nSPS) is 50.2. The average Bonchev–Trinajstić information content (AvgIpc) is 3.07. The number of rotatable bonds is 2. The van der Waals surface area contributed by atoms with Crippen LogP contribution in [-0.2, 0) is 19.1 Å². The molecule has 160 valence electrons. The molecule has 0 amide bonds. The van der Waals surface area contributed by atoms with Crippen LogP contribution in [0.2, 0.25) is 0 Å². The molecule has 29 heavy (non-hydrogen) atoms. The van der Waals surface area contributed by atoms with Gasteiger partial charge < -0.3 is 9.47 Å². The Bertz CT molecular complexity index is 797. The Hall–Kier alpha value is -1.00. The number of hydrogen-bond acceptors (Lipinski definition) is 4. The molecule has 5 rings (SSSR count). The van der Waals surface area contributed by atoms with E-state index in [0.717, 1.165) is 38.5 Å². The summed E-state index contributed by atoms with van der Waals surface area (Å²) in [5.74, 6) is 1.49. The summed E-state index contributed by atoms with van der Waals surface area (Å²) in [4.78, 5) is 25.5. The van der Waals surface area contributed by atoms with Crippen LogP contribution in [0.25, 0.3) is 0 Å². The van der Waals surface area contributed by atoms with Gasteiger partial charge in [-0.2, -0.15) is 0 Å². The summed E-state index contributed by atoms with van der Waals surface area (Å²) in [7, 11) is 0. The number of carbonyl (C=O) groups excluding carboxylic acids is 2. The number of hydrogen-bond donors (Lipinski definition) is 0. The summed E-state index contributed by atoms with van der Waals surface area (Å²) >= 11 is 0. The molecule has 1 saturated heterocycles. The topological polar surface area (TPSA) is 52.6 Å². The summed E-state index contributed by atoms with van der Waals surface area (Å²) in [6.45, 7) is 10.6. The van der Waals surface area contributed by atoms with Gasteiger partial charge in [-0.25, -0.2) is 0 Å². The van der Waals surface area contributed by atoms with E-state index in [0.29, 0.717) is 36.4 Å². The molecule has 4 aliphatic carbocycles. The zero-order valence-corrected chi connectivity index (χ0v) is 18.7. The van der Waals surface area contributed by atoms with Gasteiger partial charge in [0.2, 0.25) is 0 Å². The minimum atomic E-state index is -0.791. The van der Waals surface area contributed by atoms with E-state index in [4.69, 9.17) is 9.47 Å². The molecule has 0 N–H and O–H groups in total. The first-order chi connectivity index (χ1) is 13.6. The molecule has 0 bridgehead atoms. The highest BCUT2D eigenvalue weighted by molar-refractivity contribution is 5.92. The molecule has 7 atom stereocenters. The van der Waals surface area contributed by atoms with Crippen molar-refractivity contribution in [1.82, 2.24) is 0 Å². The van der Waals surface area contributed by atoms with E-state index in [1.165, 1.54) is 5.57 Å². The van der Waals surface area contributed by atoms with Crippen LogP contribution in [0.3, 0.4) is 0 Å². The number of fused-ring (bicyclic) bond motifs is 7. The van der Waals surface area contributed by atoms with Crippen molar-refractivity contribution in [3.8, 4) is 0 Å². The molecule has 0 radical (unpaired) electrons. The highest BCUT2D eigenvalue weighted by atomic mass is 16.8. The van der Waals surface area contributed by atoms with Gasteiger partial charge in [0.15, 0.2) is 23.0 Å². The minimum absolute atomic E-state index is 0.128. The minimum Gasteiger partial charge on any atom is -0.344 e. The van der Waals surface area contributed by atoms with Crippen LogP contribution < -0.4 is 0 Å². The summed E-state index contributed by atoms with van der Waals surface area (Å²) < 4.78 is 13.0. The lowest BCUT2D eigenvalue weighted by Crippen LogP contribution is -2.60. The maximum atomic E-state index is 13.4. The molecule has 5 aliphatic rings. The molecule has 0 spiro atoms. The predicted octanol–water partition coefficient (Wildman–Crippen LogP) is 5.00. The molecule has 0 unspecified atom stereocenters. The van der Waals surface area contributed by atoms with Gasteiger partial charge in [-0.3, -0.25) is 9.59 Å². The number of ketones is 2. The van der Waals surface area contributed by atoms with Crippen molar-refractivity contribution >= 4 is 11.6 Å². The molecule has 4 heteroatoms. The van der Waals surface area contributed by atoms with Gasteiger partial charge >= 0.3 is 0 Å². The van der Waals surface area contributed by atoms with Crippen molar-refractivity contribution in [2.75, 3.05) is 0 Å². The molecular formula is C25H36O4. The second-order valence-electron chi connectivity index (χ2n) is 11.3. The Morgan fingerprint density at radius 3 is 2.59 bits per heavy atom. The van der Waals surface area contributed by atoms with Crippen molar-refractivity contribution in [1.29, 1.82) is 0 Å². The first-order valence-corrected chi connectivity index (χ1v) is 11.7. The Kier molecular flexibility index (Phi) is 4.15. The fourth-order valence-corrected chi connectivity index (χ4v) is 8.43. The predicted molar refractivity (Wildman–Crippen MR) is 110 cm³/mol. The maximum Gasteiger partial charge on any atom is 0.167 e. The molecule has 1 heterocycles. The molecule has 1 aliphatic heterocycles. The Balaban J connectivity index is 1.54. The van der Waals surface area contributed by atoms with Gasteiger partial charge in [-0.05, 0) is 81.6 Å². The highest BCUT2D eigenvalue weighted by Gasteiger charge is 2.75. The van der Waals surface area contributed by atoms with Gasteiger partial charge in [0.25, 0.3) is 0 Å². The van der Waals surface area contributed by atoms with Gasteiger partial charge in [0, 0.05) is 18.3 Å². The lowest BCUT2D eigenvalue weighted by molar-refractivity contribution is -0.214. The molecule has 0 aromatic rings. The lowest BCUT2D eigenvalue weighted by Gasteiger charge is -2.59. The highest BCUT2D eigenvalue weighted by Crippen LogP contribution is 2.70. The van der Waals surface area contributed by atoms with E-state index >= 15 is 0 Å². The van der Waals surface area contributed by atoms with Crippen LogP contribution in [0.15, 0.2) is 11.6 Å². The van der Waals surface area contributed by atoms with Gasteiger partial charge in [-0.15, -0.1) is 0 Å². The van der Waals surface area contributed by atoms with E-state index in [2.05, 4.69) is 13.8 Å². The van der Waals surface area contributed by atoms with Crippen molar-refractivity contribution < 1.29 is 19.1 Å². The lowest BCUT2D eigenvalue weighted by atomic mass is 9.46. The van der Waals surface area contributed by atoms with E-state index in [9.17, 15) is 9.59 Å². The quantitative estimate of drug-likeness (QED) is 0.655. The maximum absolute atomic E-state index is 13.4. The van der Waals surface area contributed by atoms with Crippen molar-refractivity contribution in [2.45, 2.75) is 103 Å². The van der Waals surface area contributed by atoms with Crippen LogP contribution in [0.5, 0.6) is 0 Å². The third-order valence-electron chi connectivity index (χ3n) is 9.69.